The van der Waals surface area contributed by atoms with E-state index in [4.69, 9.17) is 4.74 Å². The molecule has 2 amide bonds. The number of nitro groups is 1. The summed E-state index contributed by atoms with van der Waals surface area (Å²) in [6, 6.07) is 12.3. The number of thiophene rings is 1. The van der Waals surface area contributed by atoms with Crippen molar-refractivity contribution in [2.24, 2.45) is 0 Å². The second-order valence-electron chi connectivity index (χ2n) is 6.02. The van der Waals surface area contributed by atoms with Gasteiger partial charge in [0.05, 0.1) is 21.1 Å². The van der Waals surface area contributed by atoms with Crippen LogP contribution in [-0.4, -0.2) is 29.3 Å². The quantitative estimate of drug-likeness (QED) is 0.324. The molecule has 158 valence electrons. The number of amides is 2. The first-order valence-corrected chi connectivity index (χ1v) is 9.58. The second kappa shape index (κ2) is 9.59. The van der Waals surface area contributed by atoms with Gasteiger partial charge < -0.3 is 15.4 Å². The maximum absolute atomic E-state index is 13.4. The number of ether oxygens (including phenoxy) is 1. The Kier molecular flexibility index (Phi) is 6.67. The molecule has 2 N–H and O–H groups in total. The molecule has 3 aromatic rings. The van der Waals surface area contributed by atoms with Crippen molar-refractivity contribution in [3.63, 3.8) is 0 Å². The average molecular weight is 443 g/mol. The number of esters is 1. The minimum Gasteiger partial charge on any atom is -0.452 e. The number of carbonyl (C=O) groups excluding carboxylic acids is 3. The van der Waals surface area contributed by atoms with Crippen LogP contribution in [0.4, 0.5) is 21.5 Å². The molecular formula is C20H14FN3O6S. The number of hydrogen-bond acceptors (Lipinski definition) is 7. The van der Waals surface area contributed by atoms with E-state index >= 15 is 0 Å². The van der Waals surface area contributed by atoms with Crippen LogP contribution in [0.2, 0.25) is 0 Å². The van der Waals surface area contributed by atoms with E-state index in [1.54, 1.807) is 29.6 Å². The SMILES string of the molecule is O=C(COC(=O)c1ccccc1NC(=O)c1cccs1)Nc1ccc(F)c([N+](=O)[O-])c1. The van der Waals surface area contributed by atoms with Crippen molar-refractivity contribution in [3.05, 3.63) is 86.3 Å². The molecule has 0 aliphatic rings. The lowest BCUT2D eigenvalue weighted by Gasteiger charge is -2.11. The zero-order valence-corrected chi connectivity index (χ0v) is 16.5. The summed E-state index contributed by atoms with van der Waals surface area (Å²) in [6.07, 6.45) is 0. The average Bonchev–Trinajstić information content (AvgIpc) is 3.29. The summed E-state index contributed by atoms with van der Waals surface area (Å²) in [5.41, 5.74) is -0.582. The zero-order chi connectivity index (χ0) is 22.4. The molecule has 1 aromatic heterocycles. The van der Waals surface area contributed by atoms with Crippen LogP contribution < -0.4 is 10.6 Å². The maximum atomic E-state index is 13.4. The number of para-hydroxylation sites is 1. The minimum atomic E-state index is -1.05. The van der Waals surface area contributed by atoms with Crippen molar-refractivity contribution < 1.29 is 28.4 Å². The van der Waals surface area contributed by atoms with E-state index in [-0.39, 0.29) is 16.9 Å². The number of hydrogen-bond donors (Lipinski definition) is 2. The van der Waals surface area contributed by atoms with Crippen LogP contribution in [0, 0.1) is 15.9 Å². The molecule has 0 radical (unpaired) electrons. The highest BCUT2D eigenvalue weighted by Gasteiger charge is 2.18. The van der Waals surface area contributed by atoms with Crippen LogP contribution in [0.1, 0.15) is 20.0 Å². The Morgan fingerprint density at radius 3 is 2.55 bits per heavy atom. The molecule has 0 unspecified atom stereocenters. The van der Waals surface area contributed by atoms with Gasteiger partial charge in [0.25, 0.3) is 11.8 Å². The van der Waals surface area contributed by atoms with Crippen molar-refractivity contribution in [2.45, 2.75) is 0 Å². The predicted octanol–water partition coefficient (Wildman–Crippen LogP) is 3.84. The van der Waals surface area contributed by atoms with Gasteiger partial charge >= 0.3 is 11.7 Å². The highest BCUT2D eigenvalue weighted by molar-refractivity contribution is 7.12. The van der Waals surface area contributed by atoms with E-state index in [1.165, 1.54) is 23.5 Å². The van der Waals surface area contributed by atoms with Gasteiger partial charge in [-0.3, -0.25) is 19.7 Å². The van der Waals surface area contributed by atoms with Crippen LogP contribution >= 0.6 is 11.3 Å². The minimum absolute atomic E-state index is 0.0299. The summed E-state index contributed by atoms with van der Waals surface area (Å²) in [4.78, 5) is 46.9. The lowest BCUT2D eigenvalue weighted by molar-refractivity contribution is -0.387. The molecule has 3 rings (SSSR count). The van der Waals surface area contributed by atoms with Crippen LogP contribution in [0.5, 0.6) is 0 Å². The monoisotopic (exact) mass is 443 g/mol. The number of nitro benzene ring substituents is 1. The molecule has 11 heteroatoms. The largest absolute Gasteiger partial charge is 0.452 e. The first kappa shape index (κ1) is 21.6. The van der Waals surface area contributed by atoms with Gasteiger partial charge in [0.1, 0.15) is 0 Å². The Labute approximate surface area is 178 Å². The van der Waals surface area contributed by atoms with Gasteiger partial charge in [-0.05, 0) is 35.7 Å². The van der Waals surface area contributed by atoms with Crippen molar-refractivity contribution in [2.75, 3.05) is 17.2 Å². The Hall–Kier alpha value is -4.12. The molecule has 9 nitrogen and oxygen atoms in total. The van der Waals surface area contributed by atoms with Crippen LogP contribution in [0.15, 0.2) is 60.0 Å². The summed E-state index contributed by atoms with van der Waals surface area (Å²) < 4.78 is 18.3. The molecule has 2 aromatic carbocycles. The summed E-state index contributed by atoms with van der Waals surface area (Å²) in [5, 5.41) is 17.4. The number of rotatable bonds is 7. The molecule has 0 bridgehead atoms. The maximum Gasteiger partial charge on any atom is 0.340 e. The number of halogens is 1. The number of benzene rings is 2. The van der Waals surface area contributed by atoms with E-state index in [9.17, 15) is 28.9 Å². The summed E-state index contributed by atoms with van der Waals surface area (Å²) in [7, 11) is 0. The fourth-order valence-corrected chi connectivity index (χ4v) is 3.12. The lowest BCUT2D eigenvalue weighted by Crippen LogP contribution is -2.22. The standard InChI is InChI=1S/C20H14FN3O6S/c21-14-8-7-12(10-16(14)24(28)29)22-18(25)11-30-20(27)13-4-1-2-5-15(13)23-19(26)17-6-3-9-31-17/h1-10H,11H2,(H,22,25)(H,23,26). The molecule has 0 aliphatic heterocycles. The van der Waals surface area contributed by atoms with E-state index in [2.05, 4.69) is 10.6 Å². The van der Waals surface area contributed by atoms with Gasteiger partial charge in [-0.1, -0.05) is 18.2 Å². The Morgan fingerprint density at radius 2 is 1.84 bits per heavy atom. The van der Waals surface area contributed by atoms with Gasteiger partial charge in [-0.25, -0.2) is 4.79 Å². The van der Waals surface area contributed by atoms with E-state index in [1.807, 2.05) is 0 Å². The third kappa shape index (κ3) is 5.48. The fraction of sp³-hybridized carbons (Fsp3) is 0.0500. The Balaban J connectivity index is 1.62. The molecule has 0 saturated carbocycles. The molecule has 0 saturated heterocycles. The zero-order valence-electron chi connectivity index (χ0n) is 15.7. The summed E-state index contributed by atoms with van der Waals surface area (Å²) in [5.74, 6) is -3.08. The number of nitrogens with one attached hydrogen (secondary N) is 2. The van der Waals surface area contributed by atoms with Gasteiger partial charge in [0.15, 0.2) is 6.61 Å². The molecule has 31 heavy (non-hydrogen) atoms. The summed E-state index contributed by atoms with van der Waals surface area (Å²) >= 11 is 1.24. The Morgan fingerprint density at radius 1 is 1.06 bits per heavy atom. The lowest BCUT2D eigenvalue weighted by atomic mass is 10.1. The smallest absolute Gasteiger partial charge is 0.340 e. The van der Waals surface area contributed by atoms with E-state index < -0.39 is 40.8 Å². The first-order chi connectivity index (χ1) is 14.8. The number of nitrogens with zero attached hydrogens (tertiary/aromatic N) is 1. The highest BCUT2D eigenvalue weighted by atomic mass is 32.1. The predicted molar refractivity (Wildman–Crippen MR) is 111 cm³/mol. The third-order valence-electron chi connectivity index (χ3n) is 3.90. The van der Waals surface area contributed by atoms with Crippen LogP contribution in [0.25, 0.3) is 0 Å². The highest BCUT2D eigenvalue weighted by Crippen LogP contribution is 2.22. The normalized spacial score (nSPS) is 10.2. The third-order valence-corrected chi connectivity index (χ3v) is 4.77. The molecule has 0 fully saturated rings. The van der Waals surface area contributed by atoms with Crippen LogP contribution in [-0.2, 0) is 9.53 Å². The Bertz CT molecular complexity index is 1150. The number of carbonyl (C=O) groups is 3. The number of anilines is 2. The van der Waals surface area contributed by atoms with Crippen LogP contribution in [0.3, 0.4) is 0 Å². The molecular weight excluding hydrogens is 429 g/mol. The molecule has 0 atom stereocenters. The van der Waals surface area contributed by atoms with Crippen molar-refractivity contribution in [3.8, 4) is 0 Å². The van der Waals surface area contributed by atoms with Gasteiger partial charge in [-0.2, -0.15) is 4.39 Å². The van der Waals surface area contributed by atoms with Crippen molar-refractivity contribution >= 4 is 46.2 Å². The molecule has 0 aliphatic carbocycles. The molecule has 0 spiro atoms. The van der Waals surface area contributed by atoms with Gasteiger partial charge in [-0.15, -0.1) is 11.3 Å². The fourth-order valence-electron chi connectivity index (χ4n) is 2.50. The molecule has 1 heterocycles. The van der Waals surface area contributed by atoms with Gasteiger partial charge in [0, 0.05) is 11.8 Å². The topological polar surface area (TPSA) is 128 Å². The van der Waals surface area contributed by atoms with E-state index in [0.29, 0.717) is 4.88 Å². The van der Waals surface area contributed by atoms with Crippen molar-refractivity contribution in [1.29, 1.82) is 0 Å². The second-order valence-corrected chi connectivity index (χ2v) is 6.97. The van der Waals surface area contributed by atoms with Crippen molar-refractivity contribution in [1.82, 2.24) is 0 Å². The van der Waals surface area contributed by atoms with E-state index in [0.717, 1.165) is 18.2 Å². The summed E-state index contributed by atoms with van der Waals surface area (Å²) in [6.45, 7) is -0.697. The van der Waals surface area contributed by atoms with Gasteiger partial charge in [0.2, 0.25) is 5.82 Å². The first-order valence-electron chi connectivity index (χ1n) is 8.70.